The van der Waals surface area contributed by atoms with Crippen LogP contribution in [0.3, 0.4) is 0 Å². The van der Waals surface area contributed by atoms with Gasteiger partial charge < -0.3 is 14.8 Å². The predicted molar refractivity (Wildman–Crippen MR) is 115 cm³/mol. The number of hydrogen-bond acceptors (Lipinski definition) is 5. The number of hydrogen-bond donors (Lipinski definition) is 3. The van der Waals surface area contributed by atoms with Crippen LogP contribution in [0.5, 0.6) is 11.5 Å². The zero-order valence-electron chi connectivity index (χ0n) is 16.3. The van der Waals surface area contributed by atoms with Crippen molar-refractivity contribution < 1.29 is 19.1 Å². The van der Waals surface area contributed by atoms with Crippen LogP contribution in [0.1, 0.15) is 16.7 Å². The van der Waals surface area contributed by atoms with E-state index >= 15 is 0 Å². The van der Waals surface area contributed by atoms with Gasteiger partial charge in [-0.25, -0.2) is 0 Å². The SMILES string of the molecule is COc1ccc(CC(=O)NC(=S)NNC(=O)COc2cc(C)c(Cl)c(C)c2)cc1. The molecule has 0 heterocycles. The highest BCUT2D eigenvalue weighted by Crippen LogP contribution is 2.25. The molecule has 154 valence electrons. The summed E-state index contributed by atoms with van der Waals surface area (Å²) in [6.07, 6.45) is 0.137. The molecule has 2 rings (SSSR count). The van der Waals surface area contributed by atoms with E-state index in [1.807, 2.05) is 13.8 Å². The Hall–Kier alpha value is -2.84. The van der Waals surface area contributed by atoms with E-state index in [2.05, 4.69) is 16.2 Å². The molecular weight excluding hydrogens is 414 g/mol. The van der Waals surface area contributed by atoms with Crippen LogP contribution in [0.25, 0.3) is 0 Å². The number of thiocarbonyl (C=S) groups is 1. The van der Waals surface area contributed by atoms with Gasteiger partial charge in [0, 0.05) is 5.02 Å². The third-order valence-corrected chi connectivity index (χ3v) is 4.67. The van der Waals surface area contributed by atoms with E-state index in [9.17, 15) is 9.59 Å². The van der Waals surface area contributed by atoms with Crippen LogP contribution in [0, 0.1) is 13.8 Å². The molecule has 0 unspecified atom stereocenters. The maximum atomic E-state index is 12.0. The Morgan fingerprint density at radius 2 is 1.62 bits per heavy atom. The molecule has 2 amide bonds. The molecule has 0 saturated carbocycles. The number of halogens is 1. The summed E-state index contributed by atoms with van der Waals surface area (Å²) in [5.74, 6) is 0.474. The smallest absolute Gasteiger partial charge is 0.276 e. The molecule has 0 fully saturated rings. The molecule has 29 heavy (non-hydrogen) atoms. The normalized spacial score (nSPS) is 10.1. The van der Waals surface area contributed by atoms with E-state index in [0.717, 1.165) is 16.7 Å². The highest BCUT2D eigenvalue weighted by atomic mass is 35.5. The van der Waals surface area contributed by atoms with Crippen LogP contribution >= 0.6 is 23.8 Å². The molecule has 0 aliphatic rings. The summed E-state index contributed by atoms with van der Waals surface area (Å²) in [5, 5.41) is 3.13. The Bertz CT molecular complexity index is 880. The number of ether oxygens (including phenoxy) is 2. The standard InChI is InChI=1S/C20H22ClN3O4S/c1-12-8-16(9-13(2)19(12)21)28-11-18(26)23-24-20(29)22-17(25)10-14-4-6-15(27-3)7-5-14/h4-9H,10-11H2,1-3H3,(H,23,26)(H2,22,24,25,29). The van der Waals surface area contributed by atoms with E-state index in [1.165, 1.54) is 0 Å². The van der Waals surface area contributed by atoms with Crippen molar-refractivity contribution in [1.82, 2.24) is 16.2 Å². The summed E-state index contributed by atoms with van der Waals surface area (Å²) in [6, 6.07) is 10.6. The summed E-state index contributed by atoms with van der Waals surface area (Å²) < 4.78 is 10.5. The van der Waals surface area contributed by atoms with Crippen LogP contribution in [0.4, 0.5) is 0 Å². The van der Waals surface area contributed by atoms with Gasteiger partial charge in [-0.15, -0.1) is 0 Å². The van der Waals surface area contributed by atoms with E-state index in [-0.39, 0.29) is 24.0 Å². The number of aryl methyl sites for hydroxylation is 2. The minimum atomic E-state index is -0.456. The molecule has 2 aromatic carbocycles. The average molecular weight is 436 g/mol. The van der Waals surface area contributed by atoms with Gasteiger partial charge in [0.15, 0.2) is 11.7 Å². The second-order valence-electron chi connectivity index (χ2n) is 6.24. The number of hydrazine groups is 1. The van der Waals surface area contributed by atoms with Crippen LogP contribution in [0.2, 0.25) is 5.02 Å². The zero-order valence-corrected chi connectivity index (χ0v) is 17.9. The summed E-state index contributed by atoms with van der Waals surface area (Å²) in [7, 11) is 1.57. The maximum absolute atomic E-state index is 12.0. The van der Waals surface area contributed by atoms with Crippen molar-refractivity contribution in [3.8, 4) is 11.5 Å². The van der Waals surface area contributed by atoms with E-state index < -0.39 is 5.91 Å². The van der Waals surface area contributed by atoms with Gasteiger partial charge in [-0.05, 0) is 67.0 Å². The lowest BCUT2D eigenvalue weighted by atomic mass is 10.1. The Balaban J connectivity index is 1.72. The fourth-order valence-corrected chi connectivity index (χ4v) is 2.71. The number of carbonyl (C=O) groups is 2. The monoisotopic (exact) mass is 435 g/mol. The second-order valence-corrected chi connectivity index (χ2v) is 7.02. The fraction of sp³-hybridized carbons (Fsp3) is 0.250. The largest absolute Gasteiger partial charge is 0.497 e. The number of nitrogens with one attached hydrogen (secondary N) is 3. The second kappa shape index (κ2) is 10.6. The van der Waals surface area contributed by atoms with Gasteiger partial charge >= 0.3 is 0 Å². The Labute approximate surface area is 179 Å². The van der Waals surface area contributed by atoms with Gasteiger partial charge in [0.2, 0.25) is 5.91 Å². The zero-order chi connectivity index (χ0) is 21.4. The minimum absolute atomic E-state index is 0.0185. The molecule has 9 heteroatoms. The van der Waals surface area contributed by atoms with Gasteiger partial charge in [0.25, 0.3) is 5.91 Å². The average Bonchev–Trinajstić information content (AvgIpc) is 2.69. The van der Waals surface area contributed by atoms with Gasteiger partial charge in [-0.2, -0.15) is 0 Å². The lowest BCUT2D eigenvalue weighted by Crippen LogP contribution is -2.49. The highest BCUT2D eigenvalue weighted by molar-refractivity contribution is 7.80. The van der Waals surface area contributed by atoms with Crippen molar-refractivity contribution in [3.63, 3.8) is 0 Å². The number of methoxy groups -OCH3 is 1. The lowest BCUT2D eigenvalue weighted by Gasteiger charge is -2.12. The number of rotatable bonds is 6. The van der Waals surface area contributed by atoms with Crippen LogP contribution < -0.4 is 25.6 Å². The molecule has 0 aliphatic heterocycles. The third kappa shape index (κ3) is 7.24. The van der Waals surface area contributed by atoms with Crippen LogP contribution in [-0.2, 0) is 16.0 Å². The summed E-state index contributed by atoms with van der Waals surface area (Å²) in [6.45, 7) is 3.49. The maximum Gasteiger partial charge on any atom is 0.276 e. The summed E-state index contributed by atoms with van der Waals surface area (Å²) in [5.41, 5.74) is 7.36. The molecule has 0 aliphatic carbocycles. The van der Waals surface area contributed by atoms with Gasteiger partial charge in [0.05, 0.1) is 13.5 Å². The fourth-order valence-electron chi connectivity index (χ4n) is 2.43. The Morgan fingerprint density at radius 3 is 2.21 bits per heavy atom. The summed E-state index contributed by atoms with van der Waals surface area (Å²) in [4.78, 5) is 23.9. The molecule has 0 saturated heterocycles. The first kappa shape index (κ1) is 22.4. The minimum Gasteiger partial charge on any atom is -0.497 e. The van der Waals surface area contributed by atoms with E-state index in [4.69, 9.17) is 33.3 Å². The van der Waals surface area contributed by atoms with Crippen molar-refractivity contribution in [2.75, 3.05) is 13.7 Å². The first-order chi connectivity index (χ1) is 13.8. The molecule has 0 radical (unpaired) electrons. The Kier molecular flexibility index (Phi) is 8.23. The molecule has 0 aromatic heterocycles. The quantitative estimate of drug-likeness (QED) is 0.477. The molecule has 0 atom stereocenters. The van der Waals surface area contributed by atoms with Crippen LogP contribution in [-0.4, -0.2) is 30.6 Å². The summed E-state index contributed by atoms with van der Waals surface area (Å²) >= 11 is 11.1. The Morgan fingerprint density at radius 1 is 1.00 bits per heavy atom. The van der Waals surface area contributed by atoms with Crippen molar-refractivity contribution in [3.05, 3.63) is 58.1 Å². The number of benzene rings is 2. The molecule has 0 spiro atoms. The first-order valence-corrected chi connectivity index (χ1v) is 9.48. The van der Waals surface area contributed by atoms with Gasteiger partial charge in [0.1, 0.15) is 11.5 Å². The predicted octanol–water partition coefficient (Wildman–Crippen LogP) is 2.61. The van der Waals surface area contributed by atoms with Crippen LogP contribution in [0.15, 0.2) is 36.4 Å². The van der Waals surface area contributed by atoms with Crippen molar-refractivity contribution in [2.45, 2.75) is 20.3 Å². The first-order valence-electron chi connectivity index (χ1n) is 8.69. The third-order valence-electron chi connectivity index (χ3n) is 3.87. The van der Waals surface area contributed by atoms with Crippen molar-refractivity contribution >= 4 is 40.7 Å². The number of carbonyl (C=O) groups excluding carboxylic acids is 2. The van der Waals surface area contributed by atoms with Gasteiger partial charge in [-0.1, -0.05) is 23.7 Å². The molecular formula is C20H22ClN3O4S. The van der Waals surface area contributed by atoms with Crippen molar-refractivity contribution in [2.24, 2.45) is 0 Å². The van der Waals surface area contributed by atoms with Crippen molar-refractivity contribution in [1.29, 1.82) is 0 Å². The molecule has 2 aromatic rings. The topological polar surface area (TPSA) is 88.7 Å². The molecule has 3 N–H and O–H groups in total. The van der Waals surface area contributed by atoms with Gasteiger partial charge in [-0.3, -0.25) is 20.4 Å². The van der Waals surface area contributed by atoms with E-state index in [1.54, 1.807) is 43.5 Å². The lowest BCUT2D eigenvalue weighted by molar-refractivity contribution is -0.124. The highest BCUT2D eigenvalue weighted by Gasteiger charge is 2.09. The molecule has 7 nitrogen and oxygen atoms in total. The van der Waals surface area contributed by atoms with E-state index in [0.29, 0.717) is 16.5 Å². The molecule has 0 bridgehead atoms. The number of amides is 2.